The molecule has 0 unspecified atom stereocenters. The van der Waals surface area contributed by atoms with Crippen molar-refractivity contribution in [2.24, 2.45) is 7.05 Å². The van der Waals surface area contributed by atoms with Crippen LogP contribution in [0.2, 0.25) is 0 Å². The van der Waals surface area contributed by atoms with Crippen LogP contribution in [-0.2, 0) is 13.6 Å². The second-order valence-corrected chi connectivity index (χ2v) is 8.13. The van der Waals surface area contributed by atoms with Crippen molar-refractivity contribution in [2.45, 2.75) is 44.9 Å². The topological polar surface area (TPSA) is 59.8 Å². The number of aryl methyl sites for hydroxylation is 1. The van der Waals surface area contributed by atoms with Crippen molar-refractivity contribution in [1.82, 2.24) is 14.7 Å². The van der Waals surface area contributed by atoms with Crippen LogP contribution in [0, 0.1) is 0 Å². The van der Waals surface area contributed by atoms with Gasteiger partial charge in [-0.05, 0) is 31.4 Å². The molecular formula is C25H31N3O3. The zero-order valence-electron chi connectivity index (χ0n) is 18.5. The van der Waals surface area contributed by atoms with Gasteiger partial charge in [0.1, 0.15) is 17.2 Å². The Morgan fingerprint density at radius 1 is 1.13 bits per heavy atom. The van der Waals surface area contributed by atoms with E-state index in [9.17, 15) is 5.11 Å². The lowest BCUT2D eigenvalue weighted by Gasteiger charge is -2.25. The van der Waals surface area contributed by atoms with E-state index in [1.807, 2.05) is 56.4 Å². The van der Waals surface area contributed by atoms with Gasteiger partial charge in [-0.2, -0.15) is 5.10 Å². The lowest BCUT2D eigenvalue weighted by Crippen LogP contribution is -2.33. The third kappa shape index (κ3) is 5.09. The Bertz CT molecular complexity index is 999. The largest absolute Gasteiger partial charge is 0.497 e. The van der Waals surface area contributed by atoms with Crippen LogP contribution >= 0.6 is 0 Å². The maximum Gasteiger partial charge on any atom is 0.222 e. The molecule has 0 radical (unpaired) electrons. The minimum atomic E-state index is -0.333. The van der Waals surface area contributed by atoms with E-state index in [0.717, 1.165) is 29.0 Å². The first-order valence-electron chi connectivity index (χ1n) is 10.9. The predicted molar refractivity (Wildman–Crippen MR) is 121 cm³/mol. The maximum atomic E-state index is 10.3. The lowest BCUT2D eigenvalue weighted by molar-refractivity contribution is 0.101. The molecule has 0 amide bonds. The number of aliphatic hydroxyl groups is 1. The number of ether oxygens (including phenoxy) is 2. The summed E-state index contributed by atoms with van der Waals surface area (Å²) in [6, 6.07) is 18.3. The Morgan fingerprint density at radius 3 is 2.55 bits per heavy atom. The Labute approximate surface area is 184 Å². The quantitative estimate of drug-likeness (QED) is 0.517. The molecular weight excluding hydrogens is 390 g/mol. The van der Waals surface area contributed by atoms with Crippen LogP contribution in [0.5, 0.6) is 17.4 Å². The van der Waals surface area contributed by atoms with Crippen LogP contribution in [0.4, 0.5) is 0 Å². The highest BCUT2D eigenvalue weighted by molar-refractivity contribution is 5.65. The second kappa shape index (κ2) is 9.54. The van der Waals surface area contributed by atoms with Gasteiger partial charge in [-0.15, -0.1) is 0 Å². The summed E-state index contributed by atoms with van der Waals surface area (Å²) in [6.45, 7) is 3.36. The highest BCUT2D eigenvalue weighted by atomic mass is 16.5. The summed E-state index contributed by atoms with van der Waals surface area (Å²) in [5, 5.41) is 15.2. The molecule has 3 aromatic rings. The minimum Gasteiger partial charge on any atom is -0.497 e. The molecule has 0 spiro atoms. The van der Waals surface area contributed by atoms with Gasteiger partial charge < -0.3 is 14.6 Å². The van der Waals surface area contributed by atoms with E-state index >= 15 is 0 Å². The number of hydrogen-bond acceptors (Lipinski definition) is 5. The lowest BCUT2D eigenvalue weighted by atomic mass is 10.1. The fourth-order valence-corrected chi connectivity index (χ4v) is 3.81. The van der Waals surface area contributed by atoms with Crippen molar-refractivity contribution in [1.29, 1.82) is 0 Å². The molecule has 0 aliphatic heterocycles. The average Bonchev–Trinajstić information content (AvgIpc) is 3.60. The van der Waals surface area contributed by atoms with E-state index in [-0.39, 0.29) is 6.10 Å². The number of benzene rings is 2. The molecule has 0 bridgehead atoms. The minimum absolute atomic E-state index is 0.333. The second-order valence-electron chi connectivity index (χ2n) is 8.13. The van der Waals surface area contributed by atoms with Crippen LogP contribution in [-0.4, -0.2) is 45.6 Å². The van der Waals surface area contributed by atoms with Gasteiger partial charge in [0.2, 0.25) is 5.88 Å². The molecule has 1 fully saturated rings. The molecule has 1 N–H and O–H groups in total. The molecule has 1 aromatic heterocycles. The molecule has 1 aliphatic rings. The molecule has 6 heteroatoms. The summed E-state index contributed by atoms with van der Waals surface area (Å²) in [5.41, 5.74) is 3.00. The van der Waals surface area contributed by atoms with Crippen molar-refractivity contribution in [2.75, 3.05) is 13.7 Å². The summed E-state index contributed by atoms with van der Waals surface area (Å²) < 4.78 is 13.5. The first-order valence-corrected chi connectivity index (χ1v) is 10.9. The summed E-state index contributed by atoms with van der Waals surface area (Å²) in [6.07, 6.45) is 2.75. The van der Waals surface area contributed by atoms with E-state index in [2.05, 4.69) is 17.0 Å². The molecule has 31 heavy (non-hydrogen) atoms. The number of hydrogen-bond donors (Lipinski definition) is 1. The highest BCUT2D eigenvalue weighted by Gasteiger charge is 2.32. The molecule has 0 saturated heterocycles. The normalized spacial score (nSPS) is 14.6. The molecule has 1 atom stereocenters. The first-order chi connectivity index (χ1) is 15.1. The van der Waals surface area contributed by atoms with Gasteiger partial charge in [0.05, 0.1) is 18.8 Å². The molecule has 1 saturated carbocycles. The van der Waals surface area contributed by atoms with Gasteiger partial charge in [0.25, 0.3) is 0 Å². The number of nitrogens with zero attached hydrogens (tertiary/aromatic N) is 3. The molecule has 1 heterocycles. The SMILES string of the molecule is CC[C@@H](O)CN(Cc1c(-c2ccccc2)nn(C)c1Oc1cccc(OC)c1)C1CC1. The monoisotopic (exact) mass is 421 g/mol. The highest BCUT2D eigenvalue weighted by Crippen LogP contribution is 2.37. The summed E-state index contributed by atoms with van der Waals surface area (Å²) in [4.78, 5) is 2.37. The van der Waals surface area contributed by atoms with E-state index in [0.29, 0.717) is 30.8 Å². The molecule has 164 valence electrons. The fourth-order valence-electron chi connectivity index (χ4n) is 3.81. The summed E-state index contributed by atoms with van der Waals surface area (Å²) >= 11 is 0. The van der Waals surface area contributed by atoms with Gasteiger partial charge in [-0.1, -0.05) is 43.3 Å². The van der Waals surface area contributed by atoms with Gasteiger partial charge >= 0.3 is 0 Å². The van der Waals surface area contributed by atoms with Gasteiger partial charge in [-0.25, -0.2) is 4.68 Å². The van der Waals surface area contributed by atoms with Crippen molar-refractivity contribution in [3.8, 4) is 28.6 Å². The number of rotatable bonds is 10. The maximum absolute atomic E-state index is 10.3. The van der Waals surface area contributed by atoms with Gasteiger partial charge in [0.15, 0.2) is 0 Å². The summed E-state index contributed by atoms with van der Waals surface area (Å²) in [5.74, 6) is 2.16. The zero-order valence-corrected chi connectivity index (χ0v) is 18.5. The predicted octanol–water partition coefficient (Wildman–Crippen LogP) is 4.62. The van der Waals surface area contributed by atoms with Crippen LogP contribution in [0.25, 0.3) is 11.3 Å². The Kier molecular flexibility index (Phi) is 6.59. The standard InChI is InChI=1S/C25H31N3O3/c1-4-20(29)16-28(19-13-14-19)17-23-24(18-9-6-5-7-10-18)26-27(2)25(23)31-22-12-8-11-21(15-22)30-3/h5-12,15,19-20,29H,4,13-14,16-17H2,1-3H3/t20-/m1/s1. The average molecular weight is 422 g/mol. The Hall–Kier alpha value is -2.83. The fraction of sp³-hybridized carbons (Fsp3) is 0.400. The van der Waals surface area contributed by atoms with E-state index in [4.69, 9.17) is 14.6 Å². The summed E-state index contributed by atoms with van der Waals surface area (Å²) in [7, 11) is 3.56. The van der Waals surface area contributed by atoms with E-state index in [1.165, 1.54) is 12.8 Å². The molecule has 1 aliphatic carbocycles. The van der Waals surface area contributed by atoms with Gasteiger partial charge in [-0.3, -0.25) is 4.90 Å². The molecule has 4 rings (SSSR count). The first kappa shape index (κ1) is 21.4. The smallest absolute Gasteiger partial charge is 0.222 e. The van der Waals surface area contributed by atoms with Crippen LogP contribution in [0.3, 0.4) is 0 Å². The number of methoxy groups -OCH3 is 1. The van der Waals surface area contributed by atoms with Crippen LogP contribution < -0.4 is 9.47 Å². The third-order valence-electron chi connectivity index (χ3n) is 5.73. The third-order valence-corrected chi connectivity index (χ3v) is 5.73. The van der Waals surface area contributed by atoms with Gasteiger partial charge in [0, 0.05) is 37.8 Å². The molecule has 6 nitrogen and oxygen atoms in total. The van der Waals surface area contributed by atoms with Crippen LogP contribution in [0.1, 0.15) is 31.7 Å². The Morgan fingerprint density at radius 2 is 1.87 bits per heavy atom. The Balaban J connectivity index is 1.72. The van der Waals surface area contributed by atoms with Crippen molar-refractivity contribution in [3.63, 3.8) is 0 Å². The zero-order chi connectivity index (χ0) is 21.8. The number of aromatic nitrogens is 2. The number of aliphatic hydroxyl groups excluding tert-OH is 1. The van der Waals surface area contributed by atoms with Crippen molar-refractivity contribution < 1.29 is 14.6 Å². The van der Waals surface area contributed by atoms with Crippen molar-refractivity contribution >= 4 is 0 Å². The van der Waals surface area contributed by atoms with E-state index in [1.54, 1.807) is 11.8 Å². The van der Waals surface area contributed by atoms with Crippen LogP contribution in [0.15, 0.2) is 54.6 Å². The van der Waals surface area contributed by atoms with Crippen molar-refractivity contribution in [3.05, 3.63) is 60.2 Å². The van der Waals surface area contributed by atoms with E-state index < -0.39 is 0 Å². The molecule has 2 aromatic carbocycles.